The molecule has 0 N–H and O–H groups in total. The topological polar surface area (TPSA) is 0 Å². The number of hydrogen-bond donors (Lipinski definition) is 0. The van der Waals surface area contributed by atoms with Crippen molar-refractivity contribution in [3.8, 4) is 0 Å². The summed E-state index contributed by atoms with van der Waals surface area (Å²) < 4.78 is 0. The second kappa shape index (κ2) is 4.17. The molecule has 2 fully saturated rings. The van der Waals surface area contributed by atoms with Gasteiger partial charge in [0.2, 0.25) is 0 Å². The first-order valence-electron chi connectivity index (χ1n) is 3.00. The molecule has 0 amide bonds. The van der Waals surface area contributed by atoms with E-state index in [1.807, 2.05) is 0 Å². The van der Waals surface area contributed by atoms with Gasteiger partial charge in [-0.1, -0.05) is 46.0 Å². The SMILES string of the molecule is C.C1CC1.C1CC1. The van der Waals surface area contributed by atoms with E-state index in [4.69, 9.17) is 0 Å². The lowest BCUT2D eigenvalue weighted by molar-refractivity contribution is 1.50. The first-order chi connectivity index (χ1) is 3.00. The Balaban J connectivity index is 0.0000000900. The van der Waals surface area contributed by atoms with Gasteiger partial charge in [0.15, 0.2) is 0 Å². The van der Waals surface area contributed by atoms with E-state index in [-0.39, 0.29) is 7.43 Å². The zero-order valence-electron chi connectivity index (χ0n) is 4.24. The van der Waals surface area contributed by atoms with Crippen LogP contribution in [0.5, 0.6) is 0 Å². The Morgan fingerprint density at radius 3 is 0.571 bits per heavy atom. The third-order valence-electron chi connectivity index (χ3n) is 0.707. The summed E-state index contributed by atoms with van der Waals surface area (Å²) in [4.78, 5) is 0. The van der Waals surface area contributed by atoms with Gasteiger partial charge in [0, 0.05) is 0 Å². The van der Waals surface area contributed by atoms with E-state index >= 15 is 0 Å². The second-order valence-electron chi connectivity index (χ2n) is 2.12. The summed E-state index contributed by atoms with van der Waals surface area (Å²) >= 11 is 0. The number of hydrogen-bond acceptors (Lipinski definition) is 0. The maximum Gasteiger partial charge on any atom is -0.0533 e. The summed E-state index contributed by atoms with van der Waals surface area (Å²) in [6, 6.07) is 0. The lowest BCUT2D eigenvalue weighted by Crippen LogP contribution is -0.856. The predicted octanol–water partition coefficient (Wildman–Crippen LogP) is 2.98. The Morgan fingerprint density at radius 2 is 0.571 bits per heavy atom. The quantitative estimate of drug-likeness (QED) is 0.439. The van der Waals surface area contributed by atoms with Gasteiger partial charge in [-0.05, 0) is 0 Å². The van der Waals surface area contributed by atoms with Crippen LogP contribution in [0.15, 0.2) is 0 Å². The number of rotatable bonds is 0. The highest BCUT2D eigenvalue weighted by Gasteiger charge is 1.95. The van der Waals surface area contributed by atoms with Crippen molar-refractivity contribution < 1.29 is 0 Å². The van der Waals surface area contributed by atoms with E-state index in [9.17, 15) is 0 Å². The Labute approximate surface area is 46.9 Å². The molecule has 0 atom stereocenters. The van der Waals surface area contributed by atoms with E-state index in [1.54, 1.807) is 0 Å². The molecule has 0 radical (unpaired) electrons. The van der Waals surface area contributed by atoms with Crippen LogP contribution < -0.4 is 0 Å². The lowest BCUT2D eigenvalue weighted by atomic mass is 11.0. The molecule has 0 spiro atoms. The van der Waals surface area contributed by atoms with Crippen molar-refractivity contribution in [2.75, 3.05) is 0 Å². The molecule has 0 unspecified atom stereocenters. The van der Waals surface area contributed by atoms with Crippen LogP contribution >= 0.6 is 0 Å². The van der Waals surface area contributed by atoms with Crippen LogP contribution in [-0.4, -0.2) is 0 Å². The maximum absolute atomic E-state index is 1.50. The molecule has 0 nitrogen and oxygen atoms in total. The smallest absolute Gasteiger partial charge is 0.0533 e. The highest BCUT2D eigenvalue weighted by atomic mass is 14.0. The van der Waals surface area contributed by atoms with Crippen LogP contribution in [-0.2, 0) is 0 Å². The average molecular weight is 100 g/mol. The van der Waals surface area contributed by atoms with E-state index in [0.29, 0.717) is 0 Å². The van der Waals surface area contributed by atoms with Crippen molar-refractivity contribution in [3.63, 3.8) is 0 Å². The molecule has 2 rings (SSSR count). The highest BCUT2D eigenvalue weighted by molar-refractivity contribution is 4.51. The van der Waals surface area contributed by atoms with Crippen LogP contribution in [0.4, 0.5) is 0 Å². The van der Waals surface area contributed by atoms with Gasteiger partial charge >= 0.3 is 0 Å². The zero-order valence-corrected chi connectivity index (χ0v) is 4.24. The monoisotopic (exact) mass is 100 g/mol. The van der Waals surface area contributed by atoms with Crippen molar-refractivity contribution in [3.05, 3.63) is 0 Å². The fourth-order valence-corrected chi connectivity index (χ4v) is 0. The molecule has 2 saturated carbocycles. The maximum atomic E-state index is 1.50. The summed E-state index contributed by atoms with van der Waals surface area (Å²) in [5.74, 6) is 0. The van der Waals surface area contributed by atoms with Crippen LogP contribution in [0.25, 0.3) is 0 Å². The summed E-state index contributed by atoms with van der Waals surface area (Å²) in [7, 11) is 0. The Morgan fingerprint density at radius 1 is 0.429 bits per heavy atom. The van der Waals surface area contributed by atoms with Crippen LogP contribution in [0.2, 0.25) is 0 Å². The molecule has 0 heteroatoms. The molecular formula is C7H16. The van der Waals surface area contributed by atoms with Gasteiger partial charge in [-0.2, -0.15) is 0 Å². The molecule has 0 bridgehead atoms. The fraction of sp³-hybridized carbons (Fsp3) is 1.00. The summed E-state index contributed by atoms with van der Waals surface area (Å²) in [6.45, 7) is 0. The van der Waals surface area contributed by atoms with Gasteiger partial charge in [0.05, 0.1) is 0 Å². The second-order valence-corrected chi connectivity index (χ2v) is 2.12. The van der Waals surface area contributed by atoms with Crippen molar-refractivity contribution in [1.82, 2.24) is 0 Å². The molecule has 7 heavy (non-hydrogen) atoms. The molecular weight excluding hydrogens is 84.1 g/mol. The van der Waals surface area contributed by atoms with Crippen LogP contribution in [0.1, 0.15) is 46.0 Å². The van der Waals surface area contributed by atoms with Gasteiger partial charge in [0.25, 0.3) is 0 Å². The normalized spacial score (nSPS) is 20.6. The molecule has 0 aromatic rings. The van der Waals surface area contributed by atoms with Crippen molar-refractivity contribution in [1.29, 1.82) is 0 Å². The van der Waals surface area contributed by atoms with Crippen molar-refractivity contribution >= 4 is 0 Å². The van der Waals surface area contributed by atoms with E-state index in [0.717, 1.165) is 0 Å². The van der Waals surface area contributed by atoms with E-state index < -0.39 is 0 Å². The third-order valence-corrected chi connectivity index (χ3v) is 0.707. The van der Waals surface area contributed by atoms with Gasteiger partial charge in [0.1, 0.15) is 0 Å². The molecule has 0 saturated heterocycles. The zero-order chi connectivity index (χ0) is 4.24. The minimum Gasteiger partial charge on any atom is -0.0776 e. The van der Waals surface area contributed by atoms with Crippen LogP contribution in [0, 0.1) is 0 Å². The minimum atomic E-state index is 0. The molecule has 2 aliphatic carbocycles. The molecule has 0 aromatic heterocycles. The third kappa shape index (κ3) is 24.0. The van der Waals surface area contributed by atoms with Crippen LogP contribution in [0.3, 0.4) is 0 Å². The summed E-state index contributed by atoms with van der Waals surface area (Å²) in [5.41, 5.74) is 0. The fourth-order valence-electron chi connectivity index (χ4n) is 0. The van der Waals surface area contributed by atoms with Crippen molar-refractivity contribution in [2.45, 2.75) is 46.0 Å². The van der Waals surface area contributed by atoms with E-state index in [1.165, 1.54) is 38.5 Å². The van der Waals surface area contributed by atoms with Gasteiger partial charge < -0.3 is 0 Å². The summed E-state index contributed by atoms with van der Waals surface area (Å²) in [5, 5.41) is 0. The Bertz CT molecular complexity index is 15.5. The highest BCUT2D eigenvalue weighted by Crippen LogP contribution is 2.15. The Hall–Kier alpha value is 0. The Kier molecular flexibility index (Phi) is 4.17. The first-order valence-corrected chi connectivity index (χ1v) is 3.00. The minimum absolute atomic E-state index is 0. The summed E-state index contributed by atoms with van der Waals surface area (Å²) in [6.07, 6.45) is 9.00. The predicted molar refractivity (Wildman–Crippen MR) is 34.4 cm³/mol. The molecule has 2 aliphatic rings. The molecule has 44 valence electrons. The van der Waals surface area contributed by atoms with Gasteiger partial charge in [-0.25, -0.2) is 0 Å². The molecule has 0 aliphatic heterocycles. The van der Waals surface area contributed by atoms with E-state index in [2.05, 4.69) is 0 Å². The lowest BCUT2D eigenvalue weighted by Gasteiger charge is -1.05. The molecule has 0 aromatic carbocycles. The first kappa shape index (κ1) is 7.00. The average Bonchev–Trinajstić information content (AvgIpc) is 2.31. The molecule has 0 heterocycles. The van der Waals surface area contributed by atoms with Gasteiger partial charge in [-0.15, -0.1) is 0 Å². The standard InChI is InChI=1S/2C3H6.CH4/c2*1-2-3-1;/h2*1-3H2;1H4. The van der Waals surface area contributed by atoms with Gasteiger partial charge in [-0.3, -0.25) is 0 Å². The largest absolute Gasteiger partial charge is 0.0776 e. The van der Waals surface area contributed by atoms with Crippen molar-refractivity contribution in [2.24, 2.45) is 0 Å².